The van der Waals surface area contributed by atoms with Crippen LogP contribution in [0.3, 0.4) is 0 Å². The molecule has 0 atom stereocenters. The van der Waals surface area contributed by atoms with Gasteiger partial charge >= 0.3 is 0 Å². The number of methoxy groups -OCH3 is 2. The molecule has 2 aromatic rings. The third-order valence-corrected chi connectivity index (χ3v) is 3.85. The number of nitrogens with zero attached hydrogens (tertiary/aromatic N) is 2. The number of allylic oxidation sites excluding steroid dienone is 3. The number of hydrogen-bond donors (Lipinski definition) is 1. The smallest absolute Gasteiger partial charge is 0.161 e. The summed E-state index contributed by atoms with van der Waals surface area (Å²) in [5.74, 6) is 0.882. The van der Waals surface area contributed by atoms with Gasteiger partial charge in [-0.05, 0) is 31.2 Å². The maximum absolute atomic E-state index is 9.84. The summed E-state index contributed by atoms with van der Waals surface area (Å²) in [7, 11) is 3.02. The van der Waals surface area contributed by atoms with Gasteiger partial charge in [0, 0.05) is 23.9 Å². The van der Waals surface area contributed by atoms with Gasteiger partial charge in [-0.1, -0.05) is 30.4 Å². The third-order valence-electron chi connectivity index (χ3n) is 3.85. The van der Waals surface area contributed by atoms with E-state index in [1.54, 1.807) is 24.3 Å². The maximum Gasteiger partial charge on any atom is 0.161 e. The van der Waals surface area contributed by atoms with E-state index in [9.17, 15) is 10.4 Å². The first kappa shape index (κ1) is 18.9. The number of rotatable bonds is 7. The van der Waals surface area contributed by atoms with Crippen LogP contribution < -0.4 is 14.4 Å². The highest BCUT2D eigenvalue weighted by molar-refractivity contribution is 5.65. The first-order chi connectivity index (χ1) is 12.6. The topological polar surface area (TPSA) is 65.7 Å². The van der Waals surface area contributed by atoms with Gasteiger partial charge in [0.2, 0.25) is 0 Å². The van der Waals surface area contributed by atoms with Crippen molar-refractivity contribution in [1.29, 1.82) is 5.26 Å². The van der Waals surface area contributed by atoms with Crippen molar-refractivity contribution in [2.75, 3.05) is 25.7 Å². The average Bonchev–Trinajstić information content (AvgIpc) is 2.68. The zero-order chi connectivity index (χ0) is 18.9. The van der Waals surface area contributed by atoms with Crippen molar-refractivity contribution in [3.05, 3.63) is 65.9 Å². The number of para-hydroxylation sites is 1. The number of benzene rings is 2. The monoisotopic (exact) mass is 350 g/mol. The Morgan fingerprint density at radius 3 is 2.42 bits per heavy atom. The highest BCUT2D eigenvalue weighted by atomic mass is 16.5. The van der Waals surface area contributed by atoms with Gasteiger partial charge in [-0.25, -0.2) is 0 Å². The van der Waals surface area contributed by atoms with Crippen LogP contribution in [0.4, 0.5) is 5.69 Å². The molecule has 0 amide bonds. The van der Waals surface area contributed by atoms with Gasteiger partial charge in [-0.3, -0.25) is 0 Å². The van der Waals surface area contributed by atoms with Gasteiger partial charge in [-0.2, -0.15) is 5.26 Å². The molecule has 5 heteroatoms. The molecule has 0 aliphatic carbocycles. The van der Waals surface area contributed by atoms with Crippen LogP contribution in [-0.2, 0) is 0 Å². The zero-order valence-electron chi connectivity index (χ0n) is 15.1. The molecule has 0 bridgehead atoms. The molecule has 0 radical (unpaired) electrons. The van der Waals surface area contributed by atoms with Crippen molar-refractivity contribution in [2.24, 2.45) is 0 Å². The molecule has 0 aliphatic rings. The Hall–Kier alpha value is -3.39. The first-order valence-corrected chi connectivity index (χ1v) is 8.20. The van der Waals surface area contributed by atoms with Crippen molar-refractivity contribution >= 4 is 11.8 Å². The Balaban J connectivity index is 2.33. The number of ether oxygens (including phenoxy) is 2. The summed E-state index contributed by atoms with van der Waals surface area (Å²) in [6.07, 6.45) is 5.32. The summed E-state index contributed by atoms with van der Waals surface area (Å²) in [6.45, 7) is 2.67. The van der Waals surface area contributed by atoms with Gasteiger partial charge in [0.25, 0.3) is 0 Å². The molecule has 0 unspecified atom stereocenters. The van der Waals surface area contributed by atoms with Gasteiger partial charge in [-0.15, -0.1) is 0 Å². The molecule has 26 heavy (non-hydrogen) atoms. The molecule has 0 aromatic heterocycles. The maximum atomic E-state index is 9.84. The number of nitriles is 1. The Labute approximate surface area is 154 Å². The van der Waals surface area contributed by atoms with Gasteiger partial charge in [0.1, 0.15) is 17.5 Å². The summed E-state index contributed by atoms with van der Waals surface area (Å²) < 4.78 is 10.4. The normalized spacial score (nSPS) is 11.2. The highest BCUT2D eigenvalue weighted by Crippen LogP contribution is 2.34. The minimum Gasteiger partial charge on any atom is -0.504 e. The van der Waals surface area contributed by atoms with E-state index in [1.807, 2.05) is 42.2 Å². The summed E-state index contributed by atoms with van der Waals surface area (Å²) in [4.78, 5) is 1.93. The minimum atomic E-state index is 0.0102. The van der Waals surface area contributed by atoms with Crippen molar-refractivity contribution < 1.29 is 14.6 Å². The molecule has 5 nitrogen and oxygen atoms in total. The van der Waals surface area contributed by atoms with Crippen LogP contribution >= 0.6 is 0 Å². The van der Waals surface area contributed by atoms with Crippen molar-refractivity contribution in [1.82, 2.24) is 0 Å². The summed E-state index contributed by atoms with van der Waals surface area (Å²) in [5, 5.41) is 19.4. The van der Waals surface area contributed by atoms with Crippen LogP contribution in [0.2, 0.25) is 0 Å². The largest absolute Gasteiger partial charge is 0.504 e. The molecule has 0 aliphatic heterocycles. The molecule has 134 valence electrons. The molecule has 0 spiro atoms. The number of aromatic hydroxyl groups is 1. The van der Waals surface area contributed by atoms with E-state index in [4.69, 9.17) is 9.47 Å². The SMILES string of the molecule is CCN(/C(C#N)=C/C=C/c1cc(OC)c(O)cc1OC)c1ccccc1. The van der Waals surface area contributed by atoms with E-state index in [0.717, 1.165) is 11.3 Å². The molecule has 2 aromatic carbocycles. The van der Waals surface area contributed by atoms with Crippen molar-refractivity contribution in [2.45, 2.75) is 6.92 Å². The number of hydrogen-bond acceptors (Lipinski definition) is 5. The summed E-state index contributed by atoms with van der Waals surface area (Å²) in [5.41, 5.74) is 2.22. The summed E-state index contributed by atoms with van der Waals surface area (Å²) in [6, 6.07) is 15.2. The zero-order valence-corrected chi connectivity index (χ0v) is 15.1. The molecule has 0 saturated heterocycles. The Morgan fingerprint density at radius 1 is 1.15 bits per heavy atom. The Morgan fingerprint density at radius 2 is 1.85 bits per heavy atom. The second-order valence-electron chi connectivity index (χ2n) is 5.37. The van der Waals surface area contributed by atoms with Crippen LogP contribution in [0.5, 0.6) is 17.2 Å². The molecule has 1 N–H and O–H groups in total. The van der Waals surface area contributed by atoms with Crippen LogP contribution in [0.15, 0.2) is 60.3 Å². The number of phenols is 1. The fourth-order valence-electron chi connectivity index (χ4n) is 2.57. The standard InChI is InChI=1S/C21H22N2O3/c1-4-23(17-10-6-5-7-11-17)18(15-22)12-8-9-16-13-21(26-3)19(24)14-20(16)25-2/h5-14,24H,4H2,1-3H3/b9-8+,18-12+. The predicted octanol–water partition coefficient (Wildman–Crippen LogP) is 4.36. The first-order valence-electron chi connectivity index (χ1n) is 8.20. The van der Waals surface area contributed by atoms with E-state index >= 15 is 0 Å². The highest BCUT2D eigenvalue weighted by Gasteiger charge is 2.10. The van der Waals surface area contributed by atoms with Crippen LogP contribution in [-0.4, -0.2) is 25.9 Å². The van der Waals surface area contributed by atoms with Crippen LogP contribution in [0, 0.1) is 11.3 Å². The van der Waals surface area contributed by atoms with E-state index in [1.165, 1.54) is 20.3 Å². The minimum absolute atomic E-state index is 0.0102. The molecule has 2 rings (SSSR count). The van der Waals surface area contributed by atoms with Crippen molar-refractivity contribution in [3.63, 3.8) is 0 Å². The van der Waals surface area contributed by atoms with E-state index in [-0.39, 0.29) is 5.75 Å². The average molecular weight is 350 g/mol. The second kappa shape index (κ2) is 9.19. The van der Waals surface area contributed by atoms with Gasteiger partial charge in [0.05, 0.1) is 14.2 Å². The third kappa shape index (κ3) is 4.37. The fourth-order valence-corrected chi connectivity index (χ4v) is 2.57. The van der Waals surface area contributed by atoms with E-state index in [2.05, 4.69) is 6.07 Å². The van der Waals surface area contributed by atoms with Crippen LogP contribution in [0.25, 0.3) is 6.08 Å². The predicted molar refractivity (Wildman–Crippen MR) is 103 cm³/mol. The van der Waals surface area contributed by atoms with Crippen molar-refractivity contribution in [3.8, 4) is 23.3 Å². The number of anilines is 1. The Kier molecular flexibility index (Phi) is 6.69. The molecule has 0 saturated carbocycles. The molecule has 0 fully saturated rings. The number of phenolic OH excluding ortho intramolecular Hbond substituents is 1. The molecular weight excluding hydrogens is 328 g/mol. The fraction of sp³-hybridized carbons (Fsp3) is 0.190. The van der Waals surface area contributed by atoms with Gasteiger partial charge in [0.15, 0.2) is 11.5 Å². The van der Waals surface area contributed by atoms with Crippen LogP contribution in [0.1, 0.15) is 12.5 Å². The molecule has 0 heterocycles. The lowest BCUT2D eigenvalue weighted by Crippen LogP contribution is -2.20. The van der Waals surface area contributed by atoms with E-state index in [0.29, 0.717) is 23.7 Å². The van der Waals surface area contributed by atoms with Gasteiger partial charge < -0.3 is 19.5 Å². The Bertz CT molecular complexity index is 836. The lowest BCUT2D eigenvalue weighted by molar-refractivity contribution is 0.365. The van der Waals surface area contributed by atoms with E-state index < -0.39 is 0 Å². The lowest BCUT2D eigenvalue weighted by Gasteiger charge is -2.21. The lowest BCUT2D eigenvalue weighted by atomic mass is 10.1. The quantitative estimate of drug-likeness (QED) is 0.594. The second-order valence-corrected chi connectivity index (χ2v) is 5.37. The summed E-state index contributed by atoms with van der Waals surface area (Å²) >= 11 is 0. The molecular formula is C21H22N2O3.